The van der Waals surface area contributed by atoms with Crippen molar-refractivity contribution in [1.29, 1.82) is 0 Å². The van der Waals surface area contributed by atoms with Gasteiger partial charge in [0.15, 0.2) is 0 Å². The van der Waals surface area contributed by atoms with Gasteiger partial charge in [-0.3, -0.25) is 14.4 Å². The molecular weight excluding hydrogens is 532 g/mol. The Hall–Kier alpha value is -3.46. The Kier molecular flexibility index (Phi) is 6.81. The summed E-state index contributed by atoms with van der Waals surface area (Å²) in [6.45, 7) is 1.77. The molecule has 4 aliphatic heterocycles. The largest absolute Gasteiger partial charge is 0.465 e. The summed E-state index contributed by atoms with van der Waals surface area (Å²) < 4.78 is 12.5. The number of esters is 1. The molecule has 2 aromatic carbocycles. The lowest BCUT2D eigenvalue weighted by molar-refractivity contribution is -0.159. The van der Waals surface area contributed by atoms with Gasteiger partial charge in [0.25, 0.3) is 5.91 Å². The maximum absolute atomic E-state index is 14.6. The highest BCUT2D eigenvalue weighted by Crippen LogP contribution is 2.58. The van der Waals surface area contributed by atoms with E-state index in [0.717, 1.165) is 0 Å². The Morgan fingerprint density at radius 2 is 1.75 bits per heavy atom. The van der Waals surface area contributed by atoms with E-state index in [0.29, 0.717) is 29.1 Å². The highest BCUT2D eigenvalue weighted by atomic mass is 35.5. The van der Waals surface area contributed by atoms with Crippen LogP contribution in [0.15, 0.2) is 78.9 Å². The molecule has 6 atom stereocenters. The lowest BCUT2D eigenvalue weighted by Gasteiger charge is -2.40. The summed E-state index contributed by atoms with van der Waals surface area (Å²) in [7, 11) is 0. The fourth-order valence-corrected chi connectivity index (χ4v) is 7.06. The van der Waals surface area contributed by atoms with Crippen LogP contribution in [0.3, 0.4) is 0 Å². The number of likely N-dealkylation sites (tertiary alicyclic amines) is 1. The van der Waals surface area contributed by atoms with Crippen LogP contribution in [0.5, 0.6) is 0 Å². The van der Waals surface area contributed by atoms with Crippen molar-refractivity contribution in [3.8, 4) is 0 Å². The second kappa shape index (κ2) is 10.2. The molecule has 0 saturated carbocycles. The van der Waals surface area contributed by atoms with Gasteiger partial charge in [-0.1, -0.05) is 78.4 Å². The molecule has 40 heavy (non-hydrogen) atoms. The van der Waals surface area contributed by atoms with E-state index in [9.17, 15) is 19.5 Å². The van der Waals surface area contributed by atoms with Crippen LogP contribution in [0.1, 0.15) is 31.4 Å². The molecule has 4 heterocycles. The third kappa shape index (κ3) is 4.00. The van der Waals surface area contributed by atoms with Crippen LogP contribution >= 0.6 is 11.6 Å². The van der Waals surface area contributed by atoms with Crippen molar-refractivity contribution in [2.24, 2.45) is 11.8 Å². The van der Waals surface area contributed by atoms with Gasteiger partial charge in [-0.15, -0.1) is 0 Å². The van der Waals surface area contributed by atoms with Crippen molar-refractivity contribution in [3.63, 3.8) is 0 Å². The number of anilines is 1. The normalized spacial score (nSPS) is 33.2. The molecule has 8 nitrogen and oxygen atoms in total. The second-order valence-electron chi connectivity index (χ2n) is 10.9. The number of nitrogens with zero attached hydrogens (tertiary/aromatic N) is 2. The number of fused-ring (bicyclic) bond motifs is 2. The lowest BCUT2D eigenvalue weighted by Crippen LogP contribution is -2.57. The van der Waals surface area contributed by atoms with Gasteiger partial charge in [0.2, 0.25) is 5.91 Å². The van der Waals surface area contributed by atoms with Crippen molar-refractivity contribution in [2.75, 3.05) is 24.7 Å². The molecule has 6 rings (SSSR count). The number of aliphatic hydroxyl groups is 1. The van der Waals surface area contributed by atoms with Crippen LogP contribution in [0, 0.1) is 11.8 Å². The number of para-hydroxylation sites is 1. The average molecular weight is 563 g/mol. The van der Waals surface area contributed by atoms with Crippen molar-refractivity contribution >= 4 is 35.1 Å². The first-order valence-electron chi connectivity index (χ1n) is 13.6. The Morgan fingerprint density at radius 1 is 1.00 bits per heavy atom. The molecule has 2 aromatic rings. The zero-order valence-electron chi connectivity index (χ0n) is 22.1. The number of hydrogen-bond acceptors (Lipinski definition) is 6. The molecule has 4 aliphatic rings. The van der Waals surface area contributed by atoms with Crippen LogP contribution < -0.4 is 4.90 Å². The van der Waals surface area contributed by atoms with Gasteiger partial charge >= 0.3 is 5.97 Å². The zero-order valence-corrected chi connectivity index (χ0v) is 22.9. The van der Waals surface area contributed by atoms with E-state index in [1.807, 2.05) is 30.4 Å². The molecular formula is C31H31ClN2O6. The SMILES string of the molecule is C[C@]12/C=C\CCCOC(=O)[C@H]1[C@H]1C(=O)N([C@H](CO)c3ccccc3)C3C(=O)N(c4ccccc4Cl)CC=C[C@@]31O2. The average Bonchev–Trinajstić information content (AvgIpc) is 3.30. The fraction of sp³-hybridized carbons (Fsp3) is 0.387. The number of carbonyl (C=O) groups is 3. The van der Waals surface area contributed by atoms with Crippen LogP contribution in [0.2, 0.25) is 5.02 Å². The monoisotopic (exact) mass is 562 g/mol. The van der Waals surface area contributed by atoms with E-state index in [-0.39, 0.29) is 13.2 Å². The van der Waals surface area contributed by atoms with Crippen LogP contribution in [-0.4, -0.2) is 64.8 Å². The minimum absolute atomic E-state index is 0.190. The summed E-state index contributed by atoms with van der Waals surface area (Å²) in [6, 6.07) is 14.1. The lowest BCUT2D eigenvalue weighted by atomic mass is 9.74. The Labute approximate surface area is 237 Å². The number of benzene rings is 2. The zero-order chi connectivity index (χ0) is 28.1. The predicted octanol–water partition coefficient (Wildman–Crippen LogP) is 3.84. The molecule has 2 fully saturated rings. The molecule has 208 valence electrons. The van der Waals surface area contributed by atoms with Crippen molar-refractivity contribution < 1.29 is 29.0 Å². The topological polar surface area (TPSA) is 96.4 Å². The van der Waals surface area contributed by atoms with Crippen molar-refractivity contribution in [3.05, 3.63) is 89.5 Å². The van der Waals surface area contributed by atoms with Crippen molar-refractivity contribution in [2.45, 2.75) is 43.1 Å². The standard InChI is InChI=1S/C31H31ClN2O6/c1-30-15-8-3-9-18-39-29(38)25(30)24-27(36)34(23(19-35)20-11-4-2-5-12-20)26-28(37)33(17-10-16-31(24,26)40-30)22-14-7-6-13-21(22)32/h2,4-8,10-16,23-26,35H,3,9,17-19H2,1H3/b15-8-/t23-,24+,25-,26?,30+,31+/m1/s1. The van der Waals surface area contributed by atoms with Crippen LogP contribution in [0.25, 0.3) is 0 Å². The maximum atomic E-state index is 14.6. The second-order valence-corrected chi connectivity index (χ2v) is 11.3. The number of ether oxygens (including phenoxy) is 2. The summed E-state index contributed by atoms with van der Waals surface area (Å²) in [5, 5.41) is 11.0. The Bertz CT molecular complexity index is 1400. The molecule has 0 radical (unpaired) electrons. The highest BCUT2D eigenvalue weighted by Gasteiger charge is 2.75. The van der Waals surface area contributed by atoms with Gasteiger partial charge in [0.05, 0.1) is 41.5 Å². The molecule has 2 saturated heterocycles. The van der Waals surface area contributed by atoms with Gasteiger partial charge in [-0.05, 0) is 37.5 Å². The molecule has 2 amide bonds. The van der Waals surface area contributed by atoms with Gasteiger partial charge < -0.3 is 24.4 Å². The number of halogens is 1. The molecule has 0 aromatic heterocycles. The number of amides is 2. The molecule has 0 bridgehead atoms. The smallest absolute Gasteiger partial charge is 0.313 e. The van der Waals surface area contributed by atoms with E-state index in [2.05, 4.69) is 0 Å². The molecule has 1 spiro atoms. The maximum Gasteiger partial charge on any atom is 0.313 e. The van der Waals surface area contributed by atoms with E-state index < -0.39 is 59.5 Å². The highest BCUT2D eigenvalue weighted by molar-refractivity contribution is 6.34. The first-order valence-corrected chi connectivity index (χ1v) is 14.0. The summed E-state index contributed by atoms with van der Waals surface area (Å²) in [6.07, 6.45) is 8.69. The van der Waals surface area contributed by atoms with Gasteiger partial charge in [-0.25, -0.2) is 0 Å². The molecule has 1 unspecified atom stereocenters. The Balaban J connectivity index is 1.55. The first kappa shape index (κ1) is 26.7. The number of rotatable bonds is 4. The van der Waals surface area contributed by atoms with E-state index >= 15 is 0 Å². The third-order valence-corrected chi connectivity index (χ3v) is 8.84. The Morgan fingerprint density at radius 3 is 2.50 bits per heavy atom. The fourth-order valence-electron chi connectivity index (χ4n) is 6.83. The summed E-state index contributed by atoms with van der Waals surface area (Å²) in [5.41, 5.74) is -1.50. The number of cyclic esters (lactones) is 1. The van der Waals surface area contributed by atoms with E-state index in [1.54, 1.807) is 55.5 Å². The number of hydrogen-bond donors (Lipinski definition) is 1. The molecule has 1 N–H and O–H groups in total. The first-order chi connectivity index (χ1) is 19.3. The van der Waals surface area contributed by atoms with Crippen LogP contribution in [0.4, 0.5) is 5.69 Å². The number of aliphatic hydroxyl groups excluding tert-OH is 1. The van der Waals surface area contributed by atoms with E-state index in [1.165, 1.54) is 9.80 Å². The number of allylic oxidation sites excluding steroid dienone is 1. The summed E-state index contributed by atoms with van der Waals surface area (Å²) >= 11 is 6.53. The molecule has 0 aliphatic carbocycles. The number of carbonyl (C=O) groups excluding carboxylic acids is 3. The van der Waals surface area contributed by atoms with Gasteiger partial charge in [0.1, 0.15) is 17.6 Å². The molecule has 9 heteroatoms. The van der Waals surface area contributed by atoms with E-state index in [4.69, 9.17) is 21.1 Å². The quantitative estimate of drug-likeness (QED) is 0.449. The van der Waals surface area contributed by atoms with Crippen LogP contribution in [-0.2, 0) is 23.9 Å². The van der Waals surface area contributed by atoms with Crippen molar-refractivity contribution in [1.82, 2.24) is 4.90 Å². The van der Waals surface area contributed by atoms with Gasteiger partial charge in [-0.2, -0.15) is 0 Å². The minimum Gasteiger partial charge on any atom is -0.465 e. The predicted molar refractivity (Wildman–Crippen MR) is 148 cm³/mol. The third-order valence-electron chi connectivity index (χ3n) is 8.52. The minimum atomic E-state index is -1.48. The summed E-state index contributed by atoms with van der Waals surface area (Å²) in [4.78, 5) is 45.8. The summed E-state index contributed by atoms with van der Waals surface area (Å²) in [5.74, 6) is -3.40. The van der Waals surface area contributed by atoms with Gasteiger partial charge in [0, 0.05) is 6.54 Å².